The van der Waals surface area contributed by atoms with Crippen LogP contribution in [0.3, 0.4) is 0 Å². The number of aromatic nitrogens is 1. The molecule has 8 heteroatoms. The Labute approximate surface area is 282 Å². The molecule has 0 saturated heterocycles. The Balaban J connectivity index is 0.00000345. The Morgan fingerprint density at radius 1 is 1.02 bits per heavy atom. The lowest BCUT2D eigenvalue weighted by atomic mass is 9.87. The van der Waals surface area contributed by atoms with Crippen LogP contribution in [0.15, 0.2) is 70.4 Å². The van der Waals surface area contributed by atoms with Crippen LogP contribution >= 0.6 is 27.7 Å². The number of carbonyl (C=O) groups is 2. The van der Waals surface area contributed by atoms with E-state index in [0.29, 0.717) is 20.4 Å². The first-order valence-corrected chi connectivity index (χ1v) is 17.3. The molecule has 0 fully saturated rings. The number of halogens is 1. The van der Waals surface area contributed by atoms with Crippen LogP contribution in [0.25, 0.3) is 10.8 Å². The predicted octanol–water partition coefficient (Wildman–Crippen LogP) is 10.5. The molecule has 0 aliphatic carbocycles. The van der Waals surface area contributed by atoms with Crippen molar-refractivity contribution in [1.82, 2.24) is 10.3 Å². The summed E-state index contributed by atoms with van der Waals surface area (Å²) in [6.45, 7) is 22.7. The third-order valence-electron chi connectivity index (χ3n) is 7.31. The number of amides is 1. The van der Waals surface area contributed by atoms with Gasteiger partial charge in [-0.25, -0.2) is 9.78 Å². The second-order valence-corrected chi connectivity index (χ2v) is 14.5. The van der Waals surface area contributed by atoms with Crippen molar-refractivity contribution in [1.29, 1.82) is 0 Å². The number of fused-ring (bicyclic) bond motifs is 1. The molecule has 0 aliphatic rings. The fourth-order valence-corrected chi connectivity index (χ4v) is 6.17. The molecule has 0 saturated carbocycles. The molecule has 3 aromatic rings. The van der Waals surface area contributed by atoms with Gasteiger partial charge in [0.1, 0.15) is 23.2 Å². The van der Waals surface area contributed by atoms with Crippen molar-refractivity contribution < 1.29 is 19.1 Å². The van der Waals surface area contributed by atoms with E-state index in [9.17, 15) is 9.59 Å². The summed E-state index contributed by atoms with van der Waals surface area (Å²) in [7, 11) is 1.30. The summed E-state index contributed by atoms with van der Waals surface area (Å²) in [6.07, 6.45) is 4.06. The van der Waals surface area contributed by atoms with Crippen molar-refractivity contribution in [2.45, 2.75) is 92.0 Å². The van der Waals surface area contributed by atoms with Gasteiger partial charge in [0.25, 0.3) is 5.91 Å². The summed E-state index contributed by atoms with van der Waals surface area (Å²) in [5.41, 5.74) is 2.38. The molecule has 2 atom stereocenters. The molecule has 0 radical (unpaired) electrons. The average molecular weight is 698 g/mol. The number of hydrogen-bond donors (Lipinski definition) is 1. The number of esters is 1. The standard InChI is InChI=1S/C35H43BrN2O4S.C2H6/c1-9-11-24(10-2)19-30-29-21-28(42-27-16-13-26(14-17-27)35(5,6)7)15-12-25(29)20-31(37-30)33(39)38-32(34(40)41-8)18-22(3)43-23(4)36;1-2/h12-17,20-21,24,32H,3-4,9-11,18-19H2,1-2,5-8H3,(H,38,39);1-2H3/t24?,32-;/m0./s1. The van der Waals surface area contributed by atoms with Crippen LogP contribution in [0.4, 0.5) is 0 Å². The molecular formula is C37H49BrN2O4S. The molecule has 0 bridgehead atoms. The Kier molecular flexibility index (Phi) is 15.4. The monoisotopic (exact) mass is 696 g/mol. The summed E-state index contributed by atoms with van der Waals surface area (Å²) in [6, 6.07) is 14.9. The van der Waals surface area contributed by atoms with Crippen molar-refractivity contribution in [3.05, 3.63) is 87.4 Å². The topological polar surface area (TPSA) is 77.5 Å². The van der Waals surface area contributed by atoms with Crippen molar-refractivity contribution >= 4 is 50.3 Å². The maximum atomic E-state index is 13.5. The Hall–Kier alpha value is -3.10. The first kappa shape index (κ1) is 38.1. The third kappa shape index (κ3) is 11.6. The van der Waals surface area contributed by atoms with Gasteiger partial charge in [0.15, 0.2) is 0 Å². The molecule has 0 aliphatic heterocycles. The zero-order chi connectivity index (χ0) is 33.7. The Morgan fingerprint density at radius 2 is 1.67 bits per heavy atom. The second-order valence-electron chi connectivity index (χ2n) is 11.7. The molecule has 1 amide bonds. The number of nitrogens with zero attached hydrogens (tertiary/aromatic N) is 1. The van der Waals surface area contributed by atoms with Gasteiger partial charge in [-0.1, -0.05) is 111 Å². The normalized spacial score (nSPS) is 12.4. The molecule has 1 aromatic heterocycles. The van der Waals surface area contributed by atoms with Crippen LogP contribution in [-0.2, 0) is 21.4 Å². The molecule has 244 valence electrons. The largest absolute Gasteiger partial charge is 0.467 e. The number of methoxy groups -OCH3 is 1. The van der Waals surface area contributed by atoms with Gasteiger partial charge >= 0.3 is 5.97 Å². The maximum Gasteiger partial charge on any atom is 0.328 e. The molecule has 2 aromatic carbocycles. The smallest absolute Gasteiger partial charge is 0.328 e. The highest BCUT2D eigenvalue weighted by Crippen LogP contribution is 2.32. The third-order valence-corrected chi connectivity index (χ3v) is 8.47. The quantitative estimate of drug-likeness (QED) is 0.169. The van der Waals surface area contributed by atoms with E-state index >= 15 is 0 Å². The van der Waals surface area contributed by atoms with E-state index < -0.39 is 17.9 Å². The number of rotatable bonds is 14. The fraction of sp³-hybridized carbons (Fsp3) is 0.432. The average Bonchev–Trinajstić information content (AvgIpc) is 3.00. The minimum atomic E-state index is -0.908. The fourth-order valence-electron chi connectivity index (χ4n) is 4.92. The summed E-state index contributed by atoms with van der Waals surface area (Å²) in [5, 5.41) is 4.63. The second kappa shape index (κ2) is 18.1. The van der Waals surface area contributed by atoms with Crippen LogP contribution in [0, 0.1) is 5.92 Å². The van der Waals surface area contributed by atoms with Gasteiger partial charge in [-0.15, -0.1) is 0 Å². The van der Waals surface area contributed by atoms with Crippen molar-refractivity contribution in [2.24, 2.45) is 5.92 Å². The number of pyridine rings is 1. The van der Waals surface area contributed by atoms with Gasteiger partial charge in [0.2, 0.25) is 0 Å². The molecule has 1 unspecified atom stereocenters. The molecule has 3 rings (SSSR count). The highest BCUT2D eigenvalue weighted by Gasteiger charge is 2.25. The molecule has 1 N–H and O–H groups in total. The number of carbonyl (C=O) groups excluding carboxylic acids is 2. The van der Waals surface area contributed by atoms with Gasteiger partial charge in [0.05, 0.1) is 7.11 Å². The van der Waals surface area contributed by atoms with E-state index in [1.165, 1.54) is 24.4 Å². The molecular weight excluding hydrogens is 648 g/mol. The summed E-state index contributed by atoms with van der Waals surface area (Å²) in [5.74, 6) is 0.885. The van der Waals surface area contributed by atoms with E-state index in [1.807, 2.05) is 44.2 Å². The minimum Gasteiger partial charge on any atom is -0.467 e. The predicted molar refractivity (Wildman–Crippen MR) is 193 cm³/mol. The Morgan fingerprint density at radius 3 is 2.22 bits per heavy atom. The summed E-state index contributed by atoms with van der Waals surface area (Å²) < 4.78 is 11.9. The highest BCUT2D eigenvalue weighted by molar-refractivity contribution is 9.14. The van der Waals surface area contributed by atoms with E-state index in [2.05, 4.69) is 81.2 Å². The zero-order valence-electron chi connectivity index (χ0n) is 28.1. The van der Waals surface area contributed by atoms with E-state index in [-0.39, 0.29) is 17.5 Å². The van der Waals surface area contributed by atoms with Gasteiger partial charge in [-0.3, -0.25) is 4.79 Å². The van der Waals surface area contributed by atoms with E-state index in [4.69, 9.17) is 14.5 Å². The zero-order valence-corrected chi connectivity index (χ0v) is 30.5. The van der Waals surface area contributed by atoms with Gasteiger partial charge in [0, 0.05) is 21.3 Å². The van der Waals surface area contributed by atoms with Crippen LogP contribution in [-0.4, -0.2) is 30.0 Å². The molecule has 6 nitrogen and oxygen atoms in total. The van der Waals surface area contributed by atoms with Crippen LogP contribution < -0.4 is 10.1 Å². The first-order valence-electron chi connectivity index (χ1n) is 15.6. The van der Waals surface area contributed by atoms with Gasteiger partial charge in [-0.2, -0.15) is 0 Å². The van der Waals surface area contributed by atoms with Crippen LogP contribution in [0.2, 0.25) is 0 Å². The molecule has 45 heavy (non-hydrogen) atoms. The SMILES string of the molecule is C=C(Br)SC(=C)C[C@H](NC(=O)c1cc2ccc(Oc3ccc(C(C)(C)C)cc3)cc2c(CC(CC)CCC)n1)C(=O)OC.CC. The van der Waals surface area contributed by atoms with Crippen LogP contribution in [0.1, 0.15) is 95.9 Å². The highest BCUT2D eigenvalue weighted by atomic mass is 79.9. The minimum absolute atomic E-state index is 0.0624. The van der Waals surface area contributed by atoms with Gasteiger partial charge in [-0.05, 0) is 79.9 Å². The summed E-state index contributed by atoms with van der Waals surface area (Å²) >= 11 is 4.59. The lowest BCUT2D eigenvalue weighted by molar-refractivity contribution is -0.142. The number of ether oxygens (including phenoxy) is 2. The first-order chi connectivity index (χ1) is 21.3. The Bertz CT molecular complexity index is 1460. The van der Waals surface area contributed by atoms with Crippen molar-refractivity contribution in [3.63, 3.8) is 0 Å². The molecule has 0 spiro atoms. The molecule has 1 heterocycles. The van der Waals surface area contributed by atoms with Crippen molar-refractivity contribution in [2.75, 3.05) is 7.11 Å². The van der Waals surface area contributed by atoms with E-state index in [0.717, 1.165) is 47.9 Å². The summed E-state index contributed by atoms with van der Waals surface area (Å²) in [4.78, 5) is 31.5. The number of thioether (sulfide) groups is 1. The number of nitrogens with one attached hydrogen (secondary N) is 1. The van der Waals surface area contributed by atoms with Gasteiger partial charge < -0.3 is 14.8 Å². The maximum absolute atomic E-state index is 13.5. The van der Waals surface area contributed by atoms with Crippen LogP contribution in [0.5, 0.6) is 11.5 Å². The number of benzene rings is 2. The lowest BCUT2D eigenvalue weighted by Gasteiger charge is -2.20. The number of hydrogen-bond acceptors (Lipinski definition) is 6. The van der Waals surface area contributed by atoms with Crippen molar-refractivity contribution in [3.8, 4) is 11.5 Å². The lowest BCUT2D eigenvalue weighted by Crippen LogP contribution is -2.42. The van der Waals surface area contributed by atoms with E-state index in [1.54, 1.807) is 6.07 Å².